The zero-order valence-corrected chi connectivity index (χ0v) is 13.3. The first kappa shape index (κ1) is 15.5. The first-order chi connectivity index (χ1) is 9.97. The number of carbonyl (C=O) groups excluding carboxylic acids is 2. The van der Waals surface area contributed by atoms with Crippen molar-refractivity contribution in [1.29, 1.82) is 0 Å². The minimum atomic E-state index is -0.414. The smallest absolute Gasteiger partial charge is 0.273 e. The van der Waals surface area contributed by atoms with E-state index in [-0.39, 0.29) is 4.32 Å². The minimum absolute atomic E-state index is 0.237. The predicted octanol–water partition coefficient (Wildman–Crippen LogP) is 2.45. The van der Waals surface area contributed by atoms with E-state index in [1.807, 2.05) is 0 Å². The Morgan fingerprint density at radius 3 is 2.57 bits per heavy atom. The molecule has 0 spiro atoms. The van der Waals surface area contributed by atoms with Crippen molar-refractivity contribution >= 4 is 46.2 Å². The van der Waals surface area contributed by atoms with E-state index in [0.717, 1.165) is 16.7 Å². The number of hydrogen-bond donors (Lipinski definition) is 0. The molecule has 5 nitrogen and oxygen atoms in total. The molecule has 0 unspecified atom stereocenters. The van der Waals surface area contributed by atoms with Crippen LogP contribution in [0.15, 0.2) is 23.1 Å². The number of ether oxygens (including phenoxy) is 2. The van der Waals surface area contributed by atoms with Gasteiger partial charge in [-0.1, -0.05) is 24.0 Å². The van der Waals surface area contributed by atoms with Crippen LogP contribution in [0.4, 0.5) is 0 Å². The van der Waals surface area contributed by atoms with E-state index in [9.17, 15) is 9.59 Å². The second-order valence-corrected chi connectivity index (χ2v) is 5.82. The monoisotopic (exact) mass is 323 g/mol. The van der Waals surface area contributed by atoms with Crippen molar-refractivity contribution in [3.05, 3.63) is 28.7 Å². The molecule has 1 aromatic rings. The summed E-state index contributed by atoms with van der Waals surface area (Å²) < 4.78 is 10.7. The van der Waals surface area contributed by atoms with E-state index in [0.29, 0.717) is 22.0 Å². The second kappa shape index (κ2) is 6.28. The molecular weight excluding hydrogens is 310 g/mol. The lowest BCUT2D eigenvalue weighted by atomic mass is 10.1. The van der Waals surface area contributed by atoms with Crippen LogP contribution in [0, 0.1) is 0 Å². The number of thiocarbonyl (C=S) groups is 1. The van der Waals surface area contributed by atoms with E-state index in [1.54, 1.807) is 38.5 Å². The van der Waals surface area contributed by atoms with Gasteiger partial charge in [-0.2, -0.15) is 0 Å². The van der Waals surface area contributed by atoms with Crippen LogP contribution in [-0.4, -0.2) is 35.3 Å². The second-order valence-electron chi connectivity index (χ2n) is 4.14. The molecule has 2 amide bonds. The number of benzene rings is 1. The summed E-state index contributed by atoms with van der Waals surface area (Å²) >= 11 is 6.14. The van der Waals surface area contributed by atoms with Crippen molar-refractivity contribution < 1.29 is 19.1 Å². The molecule has 1 aliphatic rings. The van der Waals surface area contributed by atoms with Gasteiger partial charge in [-0.25, -0.2) is 4.90 Å². The number of amides is 2. The molecule has 1 heterocycles. The first-order valence-corrected chi connectivity index (χ1v) is 7.21. The highest BCUT2D eigenvalue weighted by Gasteiger charge is 2.35. The number of hydrogen-bond acceptors (Lipinski definition) is 6. The lowest BCUT2D eigenvalue weighted by Gasteiger charge is -2.09. The zero-order valence-electron chi connectivity index (χ0n) is 11.7. The predicted molar refractivity (Wildman–Crippen MR) is 85.2 cm³/mol. The van der Waals surface area contributed by atoms with Gasteiger partial charge in [-0.3, -0.25) is 9.59 Å². The van der Waals surface area contributed by atoms with E-state index in [4.69, 9.17) is 21.7 Å². The molecule has 2 rings (SSSR count). The Hall–Kier alpha value is -1.86. The molecule has 1 aromatic carbocycles. The van der Waals surface area contributed by atoms with Gasteiger partial charge in [0.05, 0.1) is 19.1 Å². The third kappa shape index (κ3) is 3.08. The summed E-state index contributed by atoms with van der Waals surface area (Å²) in [5, 5.41) is 0. The summed E-state index contributed by atoms with van der Waals surface area (Å²) in [6, 6.07) is 5.26. The van der Waals surface area contributed by atoms with Crippen LogP contribution in [0.25, 0.3) is 6.08 Å². The van der Waals surface area contributed by atoms with Gasteiger partial charge in [0.15, 0.2) is 4.32 Å². The van der Waals surface area contributed by atoms with Crippen LogP contribution in [-0.2, 0) is 9.59 Å². The number of carbonyl (C=O) groups is 2. The minimum Gasteiger partial charge on any atom is -0.497 e. The Morgan fingerprint density at radius 2 is 2.05 bits per heavy atom. The molecule has 0 N–H and O–H groups in total. The van der Waals surface area contributed by atoms with Gasteiger partial charge < -0.3 is 9.47 Å². The van der Waals surface area contributed by atoms with Crippen molar-refractivity contribution in [2.45, 2.75) is 6.92 Å². The number of nitrogens with zero attached hydrogens (tertiary/aromatic N) is 1. The Bertz CT molecular complexity index is 654. The lowest BCUT2D eigenvalue weighted by molar-refractivity contribution is -0.135. The fourth-order valence-corrected chi connectivity index (χ4v) is 3.17. The normalized spacial score (nSPS) is 16.5. The van der Waals surface area contributed by atoms with Crippen LogP contribution in [0.3, 0.4) is 0 Å². The molecule has 1 fully saturated rings. The van der Waals surface area contributed by atoms with E-state index in [1.165, 1.54) is 6.92 Å². The highest BCUT2D eigenvalue weighted by molar-refractivity contribution is 8.26. The summed E-state index contributed by atoms with van der Waals surface area (Å²) in [5.41, 5.74) is 0.681. The van der Waals surface area contributed by atoms with Crippen LogP contribution < -0.4 is 9.47 Å². The molecule has 0 aliphatic carbocycles. The van der Waals surface area contributed by atoms with Gasteiger partial charge in [0.25, 0.3) is 5.91 Å². The standard InChI is InChI=1S/C14H13NO4S2/c1-8(16)15-13(17)12(21-14(15)20)7-9-6-10(18-2)4-5-11(9)19-3/h4-7H,1-3H3/b12-7-. The van der Waals surface area contributed by atoms with Gasteiger partial charge in [0, 0.05) is 12.5 Å². The molecular formula is C14H13NO4S2. The maximum atomic E-state index is 12.2. The topological polar surface area (TPSA) is 55.8 Å². The summed E-state index contributed by atoms with van der Waals surface area (Å²) in [7, 11) is 3.10. The van der Waals surface area contributed by atoms with Crippen molar-refractivity contribution in [2.24, 2.45) is 0 Å². The largest absolute Gasteiger partial charge is 0.497 e. The molecule has 1 aliphatic heterocycles. The number of methoxy groups -OCH3 is 2. The van der Waals surface area contributed by atoms with E-state index >= 15 is 0 Å². The van der Waals surface area contributed by atoms with E-state index < -0.39 is 11.8 Å². The zero-order chi connectivity index (χ0) is 15.6. The van der Waals surface area contributed by atoms with Gasteiger partial charge in [0.1, 0.15) is 11.5 Å². The third-order valence-corrected chi connectivity index (χ3v) is 4.13. The van der Waals surface area contributed by atoms with Gasteiger partial charge in [0.2, 0.25) is 5.91 Å². The van der Waals surface area contributed by atoms with Crippen molar-refractivity contribution in [3.63, 3.8) is 0 Å². The van der Waals surface area contributed by atoms with Crippen LogP contribution in [0.5, 0.6) is 11.5 Å². The van der Waals surface area contributed by atoms with Crippen molar-refractivity contribution in [1.82, 2.24) is 4.90 Å². The number of rotatable bonds is 3. The molecule has 0 atom stereocenters. The Morgan fingerprint density at radius 1 is 1.33 bits per heavy atom. The molecule has 1 saturated heterocycles. The van der Waals surface area contributed by atoms with Gasteiger partial charge >= 0.3 is 0 Å². The van der Waals surface area contributed by atoms with Gasteiger partial charge in [-0.15, -0.1) is 0 Å². The number of thioether (sulfide) groups is 1. The average Bonchev–Trinajstić information content (AvgIpc) is 2.73. The molecule has 0 saturated carbocycles. The van der Waals surface area contributed by atoms with Crippen LogP contribution >= 0.6 is 24.0 Å². The maximum Gasteiger partial charge on any atom is 0.273 e. The summed E-state index contributed by atoms with van der Waals surface area (Å²) in [4.78, 5) is 25.0. The van der Waals surface area contributed by atoms with Crippen molar-refractivity contribution in [2.75, 3.05) is 14.2 Å². The first-order valence-electron chi connectivity index (χ1n) is 5.98. The molecule has 110 valence electrons. The fraction of sp³-hybridized carbons (Fsp3) is 0.214. The van der Waals surface area contributed by atoms with Crippen LogP contribution in [0.1, 0.15) is 12.5 Å². The quantitative estimate of drug-likeness (QED) is 0.629. The van der Waals surface area contributed by atoms with Crippen molar-refractivity contribution in [3.8, 4) is 11.5 Å². The summed E-state index contributed by atoms with van der Waals surface area (Å²) in [6.45, 7) is 1.31. The third-order valence-electron chi connectivity index (χ3n) is 2.83. The van der Waals surface area contributed by atoms with E-state index in [2.05, 4.69) is 0 Å². The SMILES string of the molecule is COc1ccc(OC)c(/C=C2\SC(=S)N(C(C)=O)C2=O)c1. The lowest BCUT2D eigenvalue weighted by Crippen LogP contribution is -2.32. The molecule has 0 radical (unpaired) electrons. The van der Waals surface area contributed by atoms with Crippen LogP contribution in [0.2, 0.25) is 0 Å². The Labute approximate surface area is 131 Å². The summed E-state index contributed by atoms with van der Waals surface area (Å²) in [6.07, 6.45) is 1.64. The Kier molecular flexibility index (Phi) is 4.64. The fourth-order valence-electron chi connectivity index (χ4n) is 1.83. The highest BCUT2D eigenvalue weighted by atomic mass is 32.2. The highest BCUT2D eigenvalue weighted by Crippen LogP contribution is 2.35. The molecule has 0 bridgehead atoms. The molecule has 21 heavy (non-hydrogen) atoms. The molecule has 7 heteroatoms. The van der Waals surface area contributed by atoms with Gasteiger partial charge in [-0.05, 0) is 24.3 Å². The maximum absolute atomic E-state index is 12.2. The Balaban J connectivity index is 2.43. The average molecular weight is 323 g/mol. The molecule has 0 aromatic heterocycles. The number of imide groups is 1. The summed E-state index contributed by atoms with van der Waals surface area (Å²) in [5.74, 6) is 0.439.